The maximum atomic E-state index is 12.6. The first-order valence-electron chi connectivity index (χ1n) is 6.05. The maximum absolute atomic E-state index is 12.6. The van der Waals surface area contributed by atoms with E-state index in [1.54, 1.807) is 0 Å². The lowest BCUT2D eigenvalue weighted by atomic mass is 9.97. The fourth-order valence-corrected chi connectivity index (χ4v) is 1.55. The van der Waals surface area contributed by atoms with Gasteiger partial charge in [-0.15, -0.1) is 0 Å². The molecule has 1 N–H and O–H groups in total. The fourth-order valence-electron chi connectivity index (χ4n) is 1.55. The standard InChI is InChI=1S/C12H18FN.C2H6/c1-9(2)12(14-3)8-10-4-6-11(13)7-5-10;1-2/h4-7,9,12,14H,8H2,1-3H3;1-2H3. The molecule has 1 aromatic carbocycles. The third kappa shape index (κ3) is 5.26. The summed E-state index contributed by atoms with van der Waals surface area (Å²) in [4.78, 5) is 0. The second kappa shape index (κ2) is 8.28. The van der Waals surface area contributed by atoms with Gasteiger partial charge in [0.05, 0.1) is 0 Å². The summed E-state index contributed by atoms with van der Waals surface area (Å²) in [5.74, 6) is 0.421. The van der Waals surface area contributed by atoms with Crippen LogP contribution < -0.4 is 5.32 Å². The molecular weight excluding hydrogens is 201 g/mol. The zero-order valence-electron chi connectivity index (χ0n) is 11.0. The summed E-state index contributed by atoms with van der Waals surface area (Å²) in [5, 5.41) is 3.27. The summed E-state index contributed by atoms with van der Waals surface area (Å²) in [6, 6.07) is 7.19. The minimum absolute atomic E-state index is 0.167. The van der Waals surface area contributed by atoms with E-state index in [-0.39, 0.29) is 5.82 Å². The molecular formula is C14H24FN. The zero-order valence-corrected chi connectivity index (χ0v) is 11.0. The average Bonchev–Trinajstić information content (AvgIpc) is 2.30. The molecule has 0 heterocycles. The van der Waals surface area contributed by atoms with Crippen LogP contribution in [0.25, 0.3) is 0 Å². The number of likely N-dealkylation sites (N-methyl/N-ethyl adjacent to an activating group) is 1. The van der Waals surface area contributed by atoms with E-state index in [4.69, 9.17) is 0 Å². The van der Waals surface area contributed by atoms with Gasteiger partial charge in [0.25, 0.3) is 0 Å². The maximum Gasteiger partial charge on any atom is 0.123 e. The van der Waals surface area contributed by atoms with Gasteiger partial charge in [0, 0.05) is 6.04 Å². The minimum Gasteiger partial charge on any atom is -0.316 e. The van der Waals surface area contributed by atoms with E-state index in [0.29, 0.717) is 12.0 Å². The Morgan fingerprint density at radius 2 is 1.62 bits per heavy atom. The van der Waals surface area contributed by atoms with E-state index in [9.17, 15) is 4.39 Å². The van der Waals surface area contributed by atoms with Crippen molar-refractivity contribution in [3.05, 3.63) is 35.6 Å². The Hall–Kier alpha value is -0.890. The normalized spacial score (nSPS) is 11.9. The molecule has 0 amide bonds. The molecule has 1 atom stereocenters. The Balaban J connectivity index is 0.00000106. The Bertz CT molecular complexity index is 267. The molecule has 16 heavy (non-hydrogen) atoms. The van der Waals surface area contributed by atoms with Gasteiger partial charge in [-0.25, -0.2) is 4.39 Å². The van der Waals surface area contributed by atoms with Crippen molar-refractivity contribution in [1.82, 2.24) is 5.32 Å². The van der Waals surface area contributed by atoms with Gasteiger partial charge in [-0.2, -0.15) is 0 Å². The molecule has 0 bridgehead atoms. The Kier molecular flexibility index (Phi) is 7.82. The van der Waals surface area contributed by atoms with E-state index >= 15 is 0 Å². The summed E-state index contributed by atoms with van der Waals surface area (Å²) in [5.41, 5.74) is 1.18. The van der Waals surface area contributed by atoms with Gasteiger partial charge < -0.3 is 5.32 Å². The summed E-state index contributed by atoms with van der Waals surface area (Å²) in [7, 11) is 1.97. The zero-order chi connectivity index (χ0) is 12.6. The molecule has 0 radical (unpaired) electrons. The van der Waals surface area contributed by atoms with Crippen LogP contribution in [-0.4, -0.2) is 13.1 Å². The van der Waals surface area contributed by atoms with Crippen molar-refractivity contribution in [2.24, 2.45) is 5.92 Å². The van der Waals surface area contributed by atoms with Crippen LogP contribution in [0.1, 0.15) is 33.3 Å². The van der Waals surface area contributed by atoms with Crippen molar-refractivity contribution in [3.63, 3.8) is 0 Å². The van der Waals surface area contributed by atoms with Gasteiger partial charge in [0.1, 0.15) is 5.82 Å². The highest BCUT2D eigenvalue weighted by molar-refractivity contribution is 5.17. The third-order valence-corrected chi connectivity index (χ3v) is 2.54. The molecule has 0 fully saturated rings. The first-order valence-corrected chi connectivity index (χ1v) is 6.05. The van der Waals surface area contributed by atoms with Crippen molar-refractivity contribution in [2.75, 3.05) is 7.05 Å². The van der Waals surface area contributed by atoms with E-state index in [1.165, 1.54) is 17.7 Å². The lowest BCUT2D eigenvalue weighted by molar-refractivity contribution is 0.424. The number of halogens is 1. The molecule has 0 aliphatic carbocycles. The second-order valence-corrected chi connectivity index (χ2v) is 3.97. The van der Waals surface area contributed by atoms with E-state index in [0.717, 1.165) is 6.42 Å². The van der Waals surface area contributed by atoms with Crippen molar-refractivity contribution in [1.29, 1.82) is 0 Å². The van der Waals surface area contributed by atoms with Crippen LogP contribution in [0.4, 0.5) is 4.39 Å². The summed E-state index contributed by atoms with van der Waals surface area (Å²) >= 11 is 0. The van der Waals surface area contributed by atoms with Gasteiger partial charge >= 0.3 is 0 Å². The van der Waals surface area contributed by atoms with Gasteiger partial charge in [0.2, 0.25) is 0 Å². The lowest BCUT2D eigenvalue weighted by Gasteiger charge is -2.20. The Morgan fingerprint density at radius 3 is 2.00 bits per heavy atom. The SMILES string of the molecule is CC.CNC(Cc1ccc(F)cc1)C(C)C. The average molecular weight is 225 g/mol. The molecule has 1 aromatic rings. The molecule has 0 saturated heterocycles. The van der Waals surface area contributed by atoms with E-state index in [2.05, 4.69) is 19.2 Å². The molecule has 0 saturated carbocycles. The molecule has 1 rings (SSSR count). The quantitative estimate of drug-likeness (QED) is 0.825. The topological polar surface area (TPSA) is 12.0 Å². The molecule has 92 valence electrons. The van der Waals surface area contributed by atoms with Crippen LogP contribution in [0, 0.1) is 11.7 Å². The van der Waals surface area contributed by atoms with Gasteiger partial charge in [-0.3, -0.25) is 0 Å². The molecule has 0 aliphatic rings. The van der Waals surface area contributed by atoms with Gasteiger partial charge in [-0.1, -0.05) is 39.8 Å². The third-order valence-electron chi connectivity index (χ3n) is 2.54. The molecule has 0 spiro atoms. The van der Waals surface area contributed by atoms with Crippen LogP contribution in [0.15, 0.2) is 24.3 Å². The van der Waals surface area contributed by atoms with Gasteiger partial charge in [-0.05, 0) is 37.1 Å². The molecule has 0 aromatic heterocycles. The van der Waals surface area contributed by atoms with Crippen molar-refractivity contribution >= 4 is 0 Å². The number of nitrogens with one attached hydrogen (secondary N) is 1. The van der Waals surface area contributed by atoms with Crippen LogP contribution in [-0.2, 0) is 6.42 Å². The molecule has 1 unspecified atom stereocenters. The highest BCUT2D eigenvalue weighted by Gasteiger charge is 2.10. The summed E-state index contributed by atoms with van der Waals surface area (Å²) in [6.45, 7) is 8.37. The van der Waals surface area contributed by atoms with Crippen LogP contribution >= 0.6 is 0 Å². The number of benzene rings is 1. The Labute approximate surface area is 99.1 Å². The minimum atomic E-state index is -0.167. The summed E-state index contributed by atoms with van der Waals surface area (Å²) in [6.07, 6.45) is 0.953. The number of hydrogen-bond acceptors (Lipinski definition) is 1. The highest BCUT2D eigenvalue weighted by Crippen LogP contribution is 2.10. The summed E-state index contributed by atoms with van der Waals surface area (Å²) < 4.78 is 12.6. The number of rotatable bonds is 4. The van der Waals surface area contributed by atoms with Crippen molar-refractivity contribution in [2.45, 2.75) is 40.2 Å². The van der Waals surface area contributed by atoms with Crippen LogP contribution in [0.5, 0.6) is 0 Å². The van der Waals surface area contributed by atoms with Crippen molar-refractivity contribution < 1.29 is 4.39 Å². The Morgan fingerprint density at radius 1 is 1.12 bits per heavy atom. The monoisotopic (exact) mass is 225 g/mol. The molecule has 2 heteroatoms. The van der Waals surface area contributed by atoms with Crippen molar-refractivity contribution in [3.8, 4) is 0 Å². The smallest absolute Gasteiger partial charge is 0.123 e. The molecule has 1 nitrogen and oxygen atoms in total. The van der Waals surface area contributed by atoms with Crippen LogP contribution in [0.3, 0.4) is 0 Å². The largest absolute Gasteiger partial charge is 0.316 e. The molecule has 0 aliphatic heterocycles. The number of hydrogen-bond donors (Lipinski definition) is 1. The lowest BCUT2D eigenvalue weighted by Crippen LogP contribution is -2.32. The first kappa shape index (κ1) is 15.1. The van der Waals surface area contributed by atoms with Crippen LogP contribution in [0.2, 0.25) is 0 Å². The predicted octanol–water partition coefficient (Wildman–Crippen LogP) is 3.64. The predicted molar refractivity (Wildman–Crippen MR) is 69.1 cm³/mol. The van der Waals surface area contributed by atoms with Gasteiger partial charge in [0.15, 0.2) is 0 Å². The highest BCUT2D eigenvalue weighted by atomic mass is 19.1. The second-order valence-electron chi connectivity index (χ2n) is 3.97. The first-order chi connectivity index (χ1) is 7.63. The van der Waals surface area contributed by atoms with E-state index in [1.807, 2.05) is 33.0 Å². The van der Waals surface area contributed by atoms with E-state index < -0.39 is 0 Å². The fraction of sp³-hybridized carbons (Fsp3) is 0.571.